The van der Waals surface area contributed by atoms with E-state index in [1.54, 1.807) is 20.8 Å². The van der Waals surface area contributed by atoms with Gasteiger partial charge < -0.3 is 15.7 Å². The molecule has 0 aromatic carbocycles. The largest absolute Gasteiger partial charge is 0.481 e. The maximum Gasteiger partial charge on any atom is 0.303 e. The van der Waals surface area contributed by atoms with Gasteiger partial charge in [-0.3, -0.25) is 19.2 Å². The lowest BCUT2D eigenvalue weighted by molar-refractivity contribution is -0.138. The summed E-state index contributed by atoms with van der Waals surface area (Å²) in [5.41, 5.74) is -1.08. The Balaban J connectivity index is 5.30. The molecule has 0 saturated heterocycles. The minimum atomic E-state index is -0.993. The molecule has 0 rings (SSSR count). The molecule has 0 aliphatic heterocycles. The first-order chi connectivity index (χ1) is 11.6. The maximum atomic E-state index is 12.7. The van der Waals surface area contributed by atoms with Crippen LogP contribution in [-0.4, -0.2) is 51.3 Å². The molecule has 3 N–H and O–H groups in total. The second-order valence-corrected chi connectivity index (χ2v) is 9.55. The molecular weight excluding hydrogens is 356 g/mol. The zero-order valence-electron chi connectivity index (χ0n) is 16.8. The summed E-state index contributed by atoms with van der Waals surface area (Å²) in [7, 11) is 0. The molecule has 7 nitrogen and oxygen atoms in total. The number of carboxylic acids is 1. The van der Waals surface area contributed by atoms with Crippen molar-refractivity contribution in [1.29, 1.82) is 0 Å². The van der Waals surface area contributed by atoms with Crippen molar-refractivity contribution in [3.8, 4) is 0 Å². The van der Waals surface area contributed by atoms with Crippen LogP contribution in [0.5, 0.6) is 0 Å². The normalized spacial score (nSPS) is 14.4. The third-order valence-electron chi connectivity index (χ3n) is 3.40. The summed E-state index contributed by atoms with van der Waals surface area (Å²) < 4.78 is 0. The standard InChI is InChI=1S/C18H32N2O5S/c1-11(21)26-10-13(15(24)17(2,3)4)19-16(25)12(8-9-14(22)23)20-18(5,6)7/h12-13,20H,8-10H2,1-7H3,(H,19,25)(H,22,23)/t12-,13-/m0/s1. The lowest BCUT2D eigenvalue weighted by atomic mass is 9.87. The Morgan fingerprint density at radius 2 is 1.54 bits per heavy atom. The van der Waals surface area contributed by atoms with E-state index in [1.165, 1.54) is 6.92 Å². The van der Waals surface area contributed by atoms with Crippen molar-refractivity contribution in [2.75, 3.05) is 5.75 Å². The Hall–Kier alpha value is -1.41. The molecule has 0 fully saturated rings. The molecule has 0 saturated carbocycles. The molecule has 0 unspecified atom stereocenters. The monoisotopic (exact) mass is 388 g/mol. The zero-order valence-corrected chi connectivity index (χ0v) is 17.6. The van der Waals surface area contributed by atoms with Crippen molar-refractivity contribution in [2.24, 2.45) is 5.41 Å². The predicted molar refractivity (Wildman–Crippen MR) is 103 cm³/mol. The fraction of sp³-hybridized carbons (Fsp3) is 0.778. The highest BCUT2D eigenvalue weighted by Crippen LogP contribution is 2.19. The van der Waals surface area contributed by atoms with E-state index >= 15 is 0 Å². The maximum absolute atomic E-state index is 12.7. The number of hydrogen-bond donors (Lipinski definition) is 3. The summed E-state index contributed by atoms with van der Waals surface area (Å²) in [6, 6.07) is -1.56. The lowest BCUT2D eigenvalue weighted by Gasteiger charge is -2.30. The highest BCUT2D eigenvalue weighted by Gasteiger charge is 2.33. The Morgan fingerprint density at radius 1 is 1.00 bits per heavy atom. The topological polar surface area (TPSA) is 113 Å². The fourth-order valence-corrected chi connectivity index (χ4v) is 2.87. The van der Waals surface area contributed by atoms with Crippen LogP contribution in [0, 0.1) is 5.41 Å². The molecule has 0 aliphatic carbocycles. The van der Waals surface area contributed by atoms with E-state index in [-0.39, 0.29) is 29.5 Å². The second kappa shape index (κ2) is 10.1. The van der Waals surface area contributed by atoms with Gasteiger partial charge in [-0.1, -0.05) is 32.5 Å². The van der Waals surface area contributed by atoms with Crippen LogP contribution < -0.4 is 10.6 Å². The van der Waals surface area contributed by atoms with Gasteiger partial charge in [-0.2, -0.15) is 0 Å². The Labute approximate surface area is 160 Å². The zero-order chi connectivity index (χ0) is 20.7. The summed E-state index contributed by atoms with van der Waals surface area (Å²) in [5.74, 6) is -1.45. The number of amides is 1. The first kappa shape index (κ1) is 24.6. The SMILES string of the molecule is CC(=O)SC[C@H](NC(=O)[C@H](CCC(=O)O)NC(C)(C)C)C(=O)C(C)(C)C. The number of hydrogen-bond acceptors (Lipinski definition) is 6. The average Bonchev–Trinajstić information content (AvgIpc) is 2.44. The molecule has 0 aromatic rings. The van der Waals surface area contributed by atoms with Gasteiger partial charge in [-0.05, 0) is 27.2 Å². The van der Waals surface area contributed by atoms with Crippen LogP contribution in [0.4, 0.5) is 0 Å². The van der Waals surface area contributed by atoms with Gasteiger partial charge >= 0.3 is 5.97 Å². The number of rotatable bonds is 9. The number of carbonyl (C=O) groups is 4. The van der Waals surface area contributed by atoms with Crippen LogP contribution in [-0.2, 0) is 19.2 Å². The minimum Gasteiger partial charge on any atom is -0.481 e. The number of nitrogens with one attached hydrogen (secondary N) is 2. The first-order valence-corrected chi connectivity index (χ1v) is 9.59. The molecule has 150 valence electrons. The van der Waals surface area contributed by atoms with E-state index in [2.05, 4.69) is 10.6 Å². The van der Waals surface area contributed by atoms with Crippen LogP contribution in [0.1, 0.15) is 61.3 Å². The highest BCUT2D eigenvalue weighted by atomic mass is 32.2. The first-order valence-electron chi connectivity index (χ1n) is 8.61. The summed E-state index contributed by atoms with van der Waals surface area (Å²) in [6.07, 6.45) is -0.0596. The number of carboxylic acid groups (broad SMARTS) is 1. The summed E-state index contributed by atoms with van der Waals surface area (Å²) in [4.78, 5) is 47.5. The fourth-order valence-electron chi connectivity index (χ4n) is 2.24. The van der Waals surface area contributed by atoms with Gasteiger partial charge in [0.05, 0.1) is 12.1 Å². The molecule has 0 spiro atoms. The van der Waals surface area contributed by atoms with Gasteiger partial charge in [0.15, 0.2) is 10.9 Å². The van der Waals surface area contributed by atoms with Crippen LogP contribution in [0.2, 0.25) is 0 Å². The second-order valence-electron chi connectivity index (χ2n) is 8.36. The third-order valence-corrected chi connectivity index (χ3v) is 4.30. The van der Waals surface area contributed by atoms with Gasteiger partial charge in [-0.15, -0.1) is 0 Å². The van der Waals surface area contributed by atoms with Gasteiger partial charge in [-0.25, -0.2) is 0 Å². The Bertz CT molecular complexity index is 535. The molecule has 0 bridgehead atoms. The summed E-state index contributed by atoms with van der Waals surface area (Å²) in [5, 5.41) is 14.6. The molecule has 0 aromatic heterocycles. The van der Waals surface area contributed by atoms with Crippen molar-refractivity contribution >= 4 is 34.5 Å². The van der Waals surface area contributed by atoms with E-state index in [4.69, 9.17) is 5.11 Å². The summed E-state index contributed by atoms with van der Waals surface area (Å²) in [6.45, 7) is 12.3. The van der Waals surface area contributed by atoms with E-state index in [1.807, 2.05) is 20.8 Å². The molecule has 26 heavy (non-hydrogen) atoms. The number of carbonyl (C=O) groups excluding carboxylic acids is 3. The van der Waals surface area contributed by atoms with Crippen molar-refractivity contribution < 1.29 is 24.3 Å². The number of ketones is 1. The van der Waals surface area contributed by atoms with Crippen molar-refractivity contribution in [3.63, 3.8) is 0 Å². The van der Waals surface area contributed by atoms with Gasteiger partial charge in [0, 0.05) is 30.1 Å². The molecule has 0 aliphatic rings. The van der Waals surface area contributed by atoms with Crippen LogP contribution in [0.25, 0.3) is 0 Å². The molecular formula is C18H32N2O5S. The molecule has 8 heteroatoms. The Kier molecular flexibility index (Phi) is 9.52. The molecule has 2 atom stereocenters. The number of aliphatic carboxylic acids is 1. The highest BCUT2D eigenvalue weighted by molar-refractivity contribution is 8.13. The predicted octanol–water partition coefficient (Wildman–Crippen LogP) is 1.99. The van der Waals surface area contributed by atoms with E-state index in [9.17, 15) is 19.2 Å². The van der Waals surface area contributed by atoms with Gasteiger partial charge in [0.25, 0.3) is 0 Å². The average molecular weight is 389 g/mol. The number of Topliss-reactive ketones (excluding diaryl/α,β-unsaturated/α-hetero) is 1. The third kappa shape index (κ3) is 10.6. The van der Waals surface area contributed by atoms with E-state index < -0.39 is 34.9 Å². The minimum absolute atomic E-state index is 0.106. The quantitative estimate of drug-likeness (QED) is 0.553. The van der Waals surface area contributed by atoms with E-state index in [0.717, 1.165) is 11.8 Å². The van der Waals surface area contributed by atoms with Crippen molar-refractivity contribution in [1.82, 2.24) is 10.6 Å². The van der Waals surface area contributed by atoms with Gasteiger partial charge in [0.1, 0.15) is 0 Å². The van der Waals surface area contributed by atoms with Crippen molar-refractivity contribution in [3.05, 3.63) is 0 Å². The Morgan fingerprint density at radius 3 is 1.92 bits per heavy atom. The molecule has 1 amide bonds. The molecule has 0 radical (unpaired) electrons. The van der Waals surface area contributed by atoms with E-state index in [0.29, 0.717) is 0 Å². The summed E-state index contributed by atoms with van der Waals surface area (Å²) >= 11 is 0.980. The lowest BCUT2D eigenvalue weighted by Crippen LogP contribution is -2.56. The van der Waals surface area contributed by atoms with Crippen molar-refractivity contribution in [2.45, 2.75) is 78.9 Å². The van der Waals surface area contributed by atoms with Crippen LogP contribution in [0.15, 0.2) is 0 Å². The van der Waals surface area contributed by atoms with Crippen LogP contribution >= 0.6 is 11.8 Å². The van der Waals surface area contributed by atoms with Gasteiger partial charge in [0.2, 0.25) is 5.91 Å². The molecule has 0 heterocycles. The number of thioether (sulfide) groups is 1. The smallest absolute Gasteiger partial charge is 0.303 e. The van der Waals surface area contributed by atoms with Crippen LogP contribution in [0.3, 0.4) is 0 Å².